The largest absolute Gasteiger partial charge is 0.461 e. The van der Waals surface area contributed by atoms with Crippen molar-refractivity contribution in [1.29, 1.82) is 0 Å². The van der Waals surface area contributed by atoms with Crippen molar-refractivity contribution in [2.75, 3.05) is 0 Å². The van der Waals surface area contributed by atoms with Crippen LogP contribution >= 0.6 is 0 Å². The van der Waals surface area contributed by atoms with Crippen molar-refractivity contribution < 1.29 is 31.5 Å². The highest BCUT2D eigenvalue weighted by Gasteiger charge is 2.55. The molecule has 0 bridgehead atoms. The molecule has 1 N–H and O–H groups in total. The molecule has 0 aromatic heterocycles. The highest BCUT2D eigenvalue weighted by molar-refractivity contribution is 7.80. The molecule has 5 atom stereocenters. The molecular formula is C15H18O7S. The average Bonchev–Trinajstić information content (AvgIpc) is 2.79. The SMILES string of the molecule is CC1=CC(=O)C2=C(C)C[C@H](OS(=O)(=O)O)C3[C@@H](OC(=O)[C@H]3C)C12. The lowest BCUT2D eigenvalue weighted by Crippen LogP contribution is -2.37. The molecule has 8 heteroatoms. The summed E-state index contributed by atoms with van der Waals surface area (Å²) < 4.78 is 41.7. The number of rotatable bonds is 2. The van der Waals surface area contributed by atoms with Crippen molar-refractivity contribution in [2.24, 2.45) is 17.8 Å². The van der Waals surface area contributed by atoms with E-state index >= 15 is 0 Å². The van der Waals surface area contributed by atoms with Gasteiger partial charge in [-0.1, -0.05) is 18.1 Å². The van der Waals surface area contributed by atoms with Crippen LogP contribution in [-0.2, 0) is 28.9 Å². The molecule has 0 radical (unpaired) electrons. The average molecular weight is 342 g/mol. The van der Waals surface area contributed by atoms with E-state index in [-0.39, 0.29) is 18.1 Å². The lowest BCUT2D eigenvalue weighted by Gasteiger charge is -2.28. The van der Waals surface area contributed by atoms with E-state index in [2.05, 4.69) is 0 Å². The summed E-state index contributed by atoms with van der Waals surface area (Å²) in [5, 5.41) is 0. The van der Waals surface area contributed by atoms with E-state index in [1.165, 1.54) is 6.08 Å². The van der Waals surface area contributed by atoms with Gasteiger partial charge in [0.15, 0.2) is 5.78 Å². The maximum absolute atomic E-state index is 12.2. The maximum Gasteiger partial charge on any atom is 0.397 e. The number of ether oxygens (including phenoxy) is 1. The third kappa shape index (κ3) is 2.64. The summed E-state index contributed by atoms with van der Waals surface area (Å²) in [5.74, 6) is -2.11. The van der Waals surface area contributed by atoms with Gasteiger partial charge < -0.3 is 4.74 Å². The molecule has 3 rings (SSSR count). The summed E-state index contributed by atoms with van der Waals surface area (Å²) in [4.78, 5) is 24.3. The number of fused-ring (bicyclic) bond motifs is 3. The fraction of sp³-hybridized carbons (Fsp3) is 0.600. The predicted molar refractivity (Wildman–Crippen MR) is 78.5 cm³/mol. The zero-order valence-corrected chi connectivity index (χ0v) is 13.8. The Kier molecular flexibility index (Phi) is 3.74. The summed E-state index contributed by atoms with van der Waals surface area (Å²) in [5.41, 5.74) is 2.02. The molecule has 2 aliphatic carbocycles. The van der Waals surface area contributed by atoms with Crippen LogP contribution in [0.1, 0.15) is 27.2 Å². The van der Waals surface area contributed by atoms with Gasteiger partial charge in [-0.2, -0.15) is 8.42 Å². The van der Waals surface area contributed by atoms with Crippen LogP contribution in [0.3, 0.4) is 0 Å². The van der Waals surface area contributed by atoms with Gasteiger partial charge in [-0.3, -0.25) is 14.1 Å². The molecule has 7 nitrogen and oxygen atoms in total. The summed E-state index contributed by atoms with van der Waals surface area (Å²) in [6.07, 6.45) is 0.0525. The van der Waals surface area contributed by atoms with Crippen molar-refractivity contribution in [3.63, 3.8) is 0 Å². The lowest BCUT2D eigenvalue weighted by atomic mass is 9.80. The monoisotopic (exact) mass is 342 g/mol. The van der Waals surface area contributed by atoms with Crippen molar-refractivity contribution in [2.45, 2.75) is 39.4 Å². The second-order valence-electron chi connectivity index (χ2n) is 6.46. The van der Waals surface area contributed by atoms with Crippen LogP contribution in [0.15, 0.2) is 22.8 Å². The molecule has 0 saturated carbocycles. The Balaban J connectivity index is 2.10. The third-order valence-corrected chi connectivity index (χ3v) is 5.47. The molecule has 0 amide bonds. The van der Waals surface area contributed by atoms with Crippen molar-refractivity contribution in [3.8, 4) is 0 Å². The summed E-state index contributed by atoms with van der Waals surface area (Å²) in [6, 6.07) is 0. The molecule has 1 fully saturated rings. The molecule has 126 valence electrons. The first-order chi connectivity index (χ1) is 10.6. The van der Waals surface area contributed by atoms with E-state index in [4.69, 9.17) is 13.5 Å². The normalized spacial score (nSPS) is 37.2. The fourth-order valence-corrected chi connectivity index (χ4v) is 4.55. The first-order valence-corrected chi connectivity index (χ1v) is 8.75. The van der Waals surface area contributed by atoms with Gasteiger partial charge >= 0.3 is 16.4 Å². The van der Waals surface area contributed by atoms with Gasteiger partial charge in [-0.05, 0) is 26.3 Å². The summed E-state index contributed by atoms with van der Waals surface area (Å²) >= 11 is 0. The zero-order valence-electron chi connectivity index (χ0n) is 13.0. The molecule has 0 aromatic carbocycles. The second-order valence-corrected chi connectivity index (χ2v) is 7.51. The van der Waals surface area contributed by atoms with Crippen LogP contribution in [0.5, 0.6) is 0 Å². The van der Waals surface area contributed by atoms with Crippen LogP contribution in [0, 0.1) is 17.8 Å². The van der Waals surface area contributed by atoms with Gasteiger partial charge in [-0.25, -0.2) is 4.18 Å². The highest BCUT2D eigenvalue weighted by Crippen LogP contribution is 2.48. The van der Waals surface area contributed by atoms with Crippen molar-refractivity contribution >= 4 is 22.2 Å². The van der Waals surface area contributed by atoms with Crippen LogP contribution in [-0.4, -0.2) is 36.9 Å². The zero-order chi connectivity index (χ0) is 17.1. The first kappa shape index (κ1) is 16.4. The minimum atomic E-state index is -4.68. The quantitative estimate of drug-likeness (QED) is 0.594. The molecule has 1 saturated heterocycles. The molecule has 1 heterocycles. The van der Waals surface area contributed by atoms with Gasteiger partial charge in [0.05, 0.1) is 12.0 Å². The van der Waals surface area contributed by atoms with Gasteiger partial charge in [0.2, 0.25) is 0 Å². The van der Waals surface area contributed by atoms with E-state index < -0.39 is 40.4 Å². The molecule has 23 heavy (non-hydrogen) atoms. The van der Waals surface area contributed by atoms with E-state index in [1.807, 2.05) is 0 Å². The first-order valence-electron chi connectivity index (χ1n) is 7.38. The number of carbonyl (C=O) groups is 2. The topological polar surface area (TPSA) is 107 Å². The van der Waals surface area contributed by atoms with E-state index in [0.29, 0.717) is 11.1 Å². The Morgan fingerprint density at radius 1 is 1.30 bits per heavy atom. The Hall–Kier alpha value is -1.51. The maximum atomic E-state index is 12.2. The van der Waals surface area contributed by atoms with Crippen LogP contribution in [0.4, 0.5) is 0 Å². The van der Waals surface area contributed by atoms with Gasteiger partial charge in [-0.15, -0.1) is 0 Å². The second kappa shape index (κ2) is 5.25. The molecule has 1 aliphatic heterocycles. The standard InChI is InChI=1S/C15H18O7S/c1-6-4-9(16)11-7(2)5-10(22-23(18,19)20)13-8(3)15(17)21-14(13)12(6)11/h4,8,10,12-14H,5H2,1-3H3,(H,18,19,20)/t8-,10-,12?,13?,14-/m0/s1. The van der Waals surface area contributed by atoms with E-state index in [1.54, 1.807) is 20.8 Å². The number of ketones is 1. The summed E-state index contributed by atoms with van der Waals surface area (Å²) in [7, 11) is -4.68. The minimum Gasteiger partial charge on any atom is -0.461 e. The van der Waals surface area contributed by atoms with Gasteiger partial charge in [0, 0.05) is 17.4 Å². The molecule has 2 unspecified atom stereocenters. The lowest BCUT2D eigenvalue weighted by molar-refractivity contribution is -0.144. The fourth-order valence-electron chi connectivity index (χ4n) is 4.04. The van der Waals surface area contributed by atoms with E-state index in [9.17, 15) is 18.0 Å². The Morgan fingerprint density at radius 3 is 2.57 bits per heavy atom. The molecule has 0 spiro atoms. The highest BCUT2D eigenvalue weighted by atomic mass is 32.3. The van der Waals surface area contributed by atoms with E-state index in [0.717, 1.165) is 5.57 Å². The van der Waals surface area contributed by atoms with Crippen LogP contribution < -0.4 is 0 Å². The van der Waals surface area contributed by atoms with Gasteiger partial charge in [0.25, 0.3) is 0 Å². The van der Waals surface area contributed by atoms with Crippen molar-refractivity contribution in [3.05, 3.63) is 22.8 Å². The number of carbonyl (C=O) groups excluding carboxylic acids is 2. The Morgan fingerprint density at radius 2 is 1.96 bits per heavy atom. The molecule has 0 aromatic rings. The summed E-state index contributed by atoms with van der Waals surface area (Å²) in [6.45, 7) is 5.17. The van der Waals surface area contributed by atoms with Gasteiger partial charge in [0.1, 0.15) is 6.10 Å². The number of hydrogen-bond donors (Lipinski definition) is 1. The van der Waals surface area contributed by atoms with Crippen LogP contribution in [0.25, 0.3) is 0 Å². The predicted octanol–water partition coefficient (Wildman–Crippen LogP) is 1.22. The molecular weight excluding hydrogens is 324 g/mol. The minimum absolute atomic E-state index is 0.140. The smallest absolute Gasteiger partial charge is 0.397 e. The number of esters is 1. The van der Waals surface area contributed by atoms with Crippen LogP contribution in [0.2, 0.25) is 0 Å². The number of hydrogen-bond acceptors (Lipinski definition) is 6. The molecule has 3 aliphatic rings. The third-order valence-electron chi connectivity index (χ3n) is 4.98. The Labute approximate surface area is 134 Å². The van der Waals surface area contributed by atoms with Crippen molar-refractivity contribution in [1.82, 2.24) is 0 Å². The Bertz CT molecular complexity index is 746. The number of allylic oxidation sites excluding steroid dienone is 1.